The average Bonchev–Trinajstić information content (AvgIpc) is 3.04. The number of hydrogen-bond donors (Lipinski definition) is 0. The first-order chi connectivity index (χ1) is 9.78. The lowest BCUT2D eigenvalue weighted by Gasteiger charge is -2.16. The minimum Gasteiger partial charge on any atom is -0.327 e. The molecule has 2 heterocycles. The van der Waals surface area contributed by atoms with Crippen LogP contribution >= 0.6 is 23.2 Å². The molecule has 3 rings (SSSR count). The van der Waals surface area contributed by atoms with Crippen molar-refractivity contribution in [2.24, 2.45) is 0 Å². The van der Waals surface area contributed by atoms with Crippen molar-refractivity contribution in [3.8, 4) is 0 Å². The molecule has 0 saturated carbocycles. The van der Waals surface area contributed by atoms with Gasteiger partial charge in [0.25, 0.3) is 0 Å². The van der Waals surface area contributed by atoms with Crippen molar-refractivity contribution in [2.75, 3.05) is 25.5 Å². The Balaban J connectivity index is 1.88. The van der Waals surface area contributed by atoms with Crippen LogP contribution in [0.2, 0.25) is 5.02 Å². The van der Waals surface area contributed by atoms with E-state index in [4.69, 9.17) is 28.2 Å². The molecular formula is C15H19Cl2N3. The fourth-order valence-electron chi connectivity index (χ4n) is 2.92. The lowest BCUT2D eigenvalue weighted by molar-refractivity contribution is 0.322. The van der Waals surface area contributed by atoms with E-state index in [1.165, 1.54) is 25.9 Å². The normalized spacial score (nSPS) is 16.3. The van der Waals surface area contributed by atoms with Crippen LogP contribution in [0.15, 0.2) is 18.2 Å². The molecule has 1 aromatic heterocycles. The van der Waals surface area contributed by atoms with E-state index in [1.807, 2.05) is 18.2 Å². The van der Waals surface area contributed by atoms with Crippen molar-refractivity contribution >= 4 is 34.2 Å². The van der Waals surface area contributed by atoms with E-state index in [0.717, 1.165) is 41.4 Å². The zero-order valence-corrected chi connectivity index (χ0v) is 13.0. The molecule has 0 bridgehead atoms. The Morgan fingerprint density at radius 3 is 2.70 bits per heavy atom. The van der Waals surface area contributed by atoms with E-state index in [2.05, 4.69) is 9.47 Å². The van der Waals surface area contributed by atoms with Crippen molar-refractivity contribution in [1.29, 1.82) is 0 Å². The minimum atomic E-state index is 0.598. The fraction of sp³-hybridized carbons (Fsp3) is 0.533. The molecule has 0 N–H and O–H groups in total. The van der Waals surface area contributed by atoms with Crippen molar-refractivity contribution in [1.82, 2.24) is 14.5 Å². The number of benzene rings is 1. The number of nitrogens with zero attached hydrogens (tertiary/aromatic N) is 3. The van der Waals surface area contributed by atoms with Crippen LogP contribution in [0.1, 0.15) is 18.7 Å². The Hall–Kier alpha value is -0.770. The monoisotopic (exact) mass is 311 g/mol. The highest BCUT2D eigenvalue weighted by atomic mass is 35.5. The number of rotatable bonds is 5. The molecule has 3 nitrogen and oxygen atoms in total. The summed E-state index contributed by atoms with van der Waals surface area (Å²) in [7, 11) is 0. The lowest BCUT2D eigenvalue weighted by Crippen LogP contribution is -2.24. The number of likely N-dealkylation sites (tertiary alicyclic amines) is 1. The Morgan fingerprint density at radius 1 is 1.15 bits per heavy atom. The van der Waals surface area contributed by atoms with Crippen molar-refractivity contribution < 1.29 is 0 Å². The van der Waals surface area contributed by atoms with Gasteiger partial charge in [-0.3, -0.25) is 0 Å². The maximum absolute atomic E-state index is 6.13. The number of aromatic nitrogens is 2. The minimum absolute atomic E-state index is 0.598. The van der Waals surface area contributed by atoms with Gasteiger partial charge in [-0.05, 0) is 44.1 Å². The van der Waals surface area contributed by atoms with Crippen molar-refractivity contribution in [3.05, 3.63) is 29.0 Å². The highest BCUT2D eigenvalue weighted by molar-refractivity contribution is 6.31. The number of fused-ring (bicyclic) bond motifs is 1. The van der Waals surface area contributed by atoms with E-state index in [1.54, 1.807) is 0 Å². The summed E-state index contributed by atoms with van der Waals surface area (Å²) in [6.07, 6.45) is 3.45. The summed E-state index contributed by atoms with van der Waals surface area (Å²) in [6.45, 7) is 4.48. The first-order valence-electron chi connectivity index (χ1n) is 7.21. The molecule has 1 saturated heterocycles. The van der Waals surface area contributed by atoms with Crippen LogP contribution in [-0.4, -0.2) is 40.0 Å². The lowest BCUT2D eigenvalue weighted by atomic mass is 10.3. The molecular weight excluding hydrogens is 293 g/mol. The Labute approximate surface area is 129 Å². The predicted molar refractivity (Wildman–Crippen MR) is 84.8 cm³/mol. The molecule has 20 heavy (non-hydrogen) atoms. The molecule has 108 valence electrons. The summed E-state index contributed by atoms with van der Waals surface area (Å²) in [5.41, 5.74) is 2.13. The summed E-state index contributed by atoms with van der Waals surface area (Å²) in [5, 5.41) is 0.761. The van der Waals surface area contributed by atoms with Gasteiger partial charge in [0.15, 0.2) is 0 Å². The first kappa shape index (κ1) is 14.2. The van der Waals surface area contributed by atoms with Gasteiger partial charge in [0.05, 0.1) is 11.0 Å². The second-order valence-corrected chi connectivity index (χ2v) is 6.11. The smallest absolute Gasteiger partial charge is 0.111 e. The maximum Gasteiger partial charge on any atom is 0.111 e. The van der Waals surface area contributed by atoms with Gasteiger partial charge in [-0.15, -0.1) is 11.6 Å². The highest BCUT2D eigenvalue weighted by Gasteiger charge is 2.14. The molecule has 0 aliphatic carbocycles. The van der Waals surface area contributed by atoms with E-state index < -0.39 is 0 Å². The van der Waals surface area contributed by atoms with Crippen LogP contribution in [0.3, 0.4) is 0 Å². The van der Waals surface area contributed by atoms with Crippen molar-refractivity contribution in [3.63, 3.8) is 0 Å². The largest absolute Gasteiger partial charge is 0.327 e. The first-order valence-corrected chi connectivity index (χ1v) is 8.12. The average molecular weight is 312 g/mol. The van der Waals surface area contributed by atoms with Crippen molar-refractivity contribution in [2.45, 2.75) is 25.8 Å². The molecule has 2 aromatic rings. The van der Waals surface area contributed by atoms with Crippen LogP contribution in [0.4, 0.5) is 0 Å². The van der Waals surface area contributed by atoms with Gasteiger partial charge in [0.2, 0.25) is 0 Å². The van der Waals surface area contributed by atoms with Crippen LogP contribution in [0.25, 0.3) is 11.0 Å². The third-order valence-electron chi connectivity index (χ3n) is 3.95. The fourth-order valence-corrected chi connectivity index (χ4v) is 3.25. The molecule has 1 aromatic carbocycles. The SMILES string of the molecule is ClCCc1nc2ccc(Cl)cc2n1CCN1CCCC1. The Morgan fingerprint density at radius 2 is 1.95 bits per heavy atom. The second kappa shape index (κ2) is 6.33. The summed E-state index contributed by atoms with van der Waals surface area (Å²) in [4.78, 5) is 7.20. The van der Waals surface area contributed by atoms with Gasteiger partial charge in [-0.25, -0.2) is 4.98 Å². The van der Waals surface area contributed by atoms with Crippen LogP contribution in [-0.2, 0) is 13.0 Å². The quantitative estimate of drug-likeness (QED) is 0.787. The summed E-state index contributed by atoms with van der Waals surface area (Å²) in [5.74, 6) is 1.66. The summed E-state index contributed by atoms with van der Waals surface area (Å²) in [6, 6.07) is 5.89. The number of imidazole rings is 1. The number of halogens is 2. The van der Waals surface area contributed by atoms with Crippen LogP contribution < -0.4 is 0 Å². The van der Waals surface area contributed by atoms with Crippen LogP contribution in [0, 0.1) is 0 Å². The molecule has 5 heteroatoms. The molecule has 0 amide bonds. The highest BCUT2D eigenvalue weighted by Crippen LogP contribution is 2.21. The molecule has 0 atom stereocenters. The second-order valence-electron chi connectivity index (χ2n) is 5.30. The molecule has 0 spiro atoms. The third-order valence-corrected chi connectivity index (χ3v) is 4.37. The third kappa shape index (κ3) is 2.95. The van der Waals surface area contributed by atoms with Gasteiger partial charge in [-0.1, -0.05) is 11.6 Å². The Kier molecular flexibility index (Phi) is 4.49. The van der Waals surface area contributed by atoms with E-state index in [9.17, 15) is 0 Å². The molecule has 0 radical (unpaired) electrons. The molecule has 0 unspecified atom stereocenters. The van der Waals surface area contributed by atoms with E-state index in [0.29, 0.717) is 5.88 Å². The Bertz CT molecular complexity index is 588. The molecule has 1 aliphatic rings. The van der Waals surface area contributed by atoms with E-state index in [-0.39, 0.29) is 0 Å². The standard InChI is InChI=1S/C15H19Cl2N3/c16-6-5-15-18-13-4-3-12(17)11-14(13)20(15)10-9-19-7-1-2-8-19/h3-4,11H,1-2,5-10H2. The molecule has 1 fully saturated rings. The maximum atomic E-state index is 6.13. The van der Waals surface area contributed by atoms with Gasteiger partial charge >= 0.3 is 0 Å². The van der Waals surface area contributed by atoms with E-state index >= 15 is 0 Å². The van der Waals surface area contributed by atoms with Gasteiger partial charge in [0.1, 0.15) is 5.82 Å². The van der Waals surface area contributed by atoms with Gasteiger partial charge in [0, 0.05) is 30.4 Å². The number of alkyl halides is 1. The predicted octanol–water partition coefficient (Wildman–Crippen LogP) is 3.57. The summed E-state index contributed by atoms with van der Waals surface area (Å²) >= 11 is 12.0. The van der Waals surface area contributed by atoms with Gasteiger partial charge < -0.3 is 9.47 Å². The number of aryl methyl sites for hydroxylation is 1. The molecule has 1 aliphatic heterocycles. The van der Waals surface area contributed by atoms with Gasteiger partial charge in [-0.2, -0.15) is 0 Å². The number of hydrogen-bond acceptors (Lipinski definition) is 2. The zero-order chi connectivity index (χ0) is 13.9. The summed E-state index contributed by atoms with van der Waals surface area (Å²) < 4.78 is 2.28. The van der Waals surface area contributed by atoms with Crippen LogP contribution in [0.5, 0.6) is 0 Å². The topological polar surface area (TPSA) is 21.1 Å². The zero-order valence-electron chi connectivity index (χ0n) is 11.5.